The van der Waals surface area contributed by atoms with Crippen LogP contribution in [0.2, 0.25) is 0 Å². The summed E-state index contributed by atoms with van der Waals surface area (Å²) < 4.78 is 37.9. The Kier molecular flexibility index (Phi) is 6.17. The van der Waals surface area contributed by atoms with Crippen LogP contribution in [0.4, 0.5) is 0 Å². The maximum atomic E-state index is 10.2. The first-order valence-electron chi connectivity index (χ1n) is 5.20. The summed E-state index contributed by atoms with van der Waals surface area (Å²) in [6.07, 6.45) is 0. The van der Waals surface area contributed by atoms with E-state index in [-0.39, 0.29) is 13.2 Å². The summed E-state index contributed by atoms with van der Waals surface area (Å²) in [4.78, 5) is 2.26. The van der Waals surface area contributed by atoms with E-state index in [2.05, 4.69) is 14.4 Å². The van der Waals surface area contributed by atoms with Gasteiger partial charge in [0.15, 0.2) is 0 Å². The smallest absolute Gasteiger partial charge is 0.378 e. The molecule has 8 heteroatoms. The molecule has 0 aliphatic carbocycles. The van der Waals surface area contributed by atoms with E-state index >= 15 is 0 Å². The van der Waals surface area contributed by atoms with Crippen LogP contribution >= 0.6 is 0 Å². The molecule has 96 valence electrons. The average molecular weight is 254 g/mol. The molecule has 0 aromatic carbocycles. The molecule has 1 fully saturated rings. The van der Waals surface area contributed by atoms with Crippen LogP contribution in [0, 0.1) is 0 Å². The molecule has 0 aromatic heterocycles. The van der Waals surface area contributed by atoms with Gasteiger partial charge in [0.05, 0.1) is 19.8 Å². The van der Waals surface area contributed by atoms with Gasteiger partial charge in [0.25, 0.3) is 0 Å². The number of nitrogens with zero attached hydrogens (tertiary/aromatic N) is 1. The number of nitrogens with one attached hydrogen (secondary N) is 1. The Morgan fingerprint density at radius 3 is 2.50 bits per heavy atom. The van der Waals surface area contributed by atoms with Crippen molar-refractivity contribution in [3.8, 4) is 0 Å². The zero-order valence-corrected chi connectivity index (χ0v) is 9.91. The van der Waals surface area contributed by atoms with E-state index in [9.17, 15) is 8.42 Å². The van der Waals surface area contributed by atoms with E-state index in [0.29, 0.717) is 6.61 Å². The number of hydrogen-bond donors (Lipinski definition) is 2. The van der Waals surface area contributed by atoms with Crippen LogP contribution in [0.25, 0.3) is 0 Å². The summed E-state index contributed by atoms with van der Waals surface area (Å²) >= 11 is 0. The lowest BCUT2D eigenvalue weighted by atomic mass is 10.4. The predicted octanol–water partition coefficient (Wildman–Crippen LogP) is -1.27. The van der Waals surface area contributed by atoms with E-state index < -0.39 is 10.4 Å². The number of piperazine rings is 1. The highest BCUT2D eigenvalue weighted by Crippen LogP contribution is 1.92. The molecule has 0 atom stereocenters. The molecule has 0 aromatic rings. The fourth-order valence-electron chi connectivity index (χ4n) is 1.43. The molecule has 0 bridgehead atoms. The molecule has 1 aliphatic rings. The van der Waals surface area contributed by atoms with Crippen LogP contribution in [0.1, 0.15) is 0 Å². The zero-order valence-electron chi connectivity index (χ0n) is 9.09. The van der Waals surface area contributed by atoms with Crippen LogP contribution in [0.15, 0.2) is 0 Å². The minimum atomic E-state index is -4.33. The van der Waals surface area contributed by atoms with Crippen LogP contribution in [0.3, 0.4) is 0 Å². The predicted molar refractivity (Wildman–Crippen MR) is 57.6 cm³/mol. The Morgan fingerprint density at radius 2 is 1.88 bits per heavy atom. The van der Waals surface area contributed by atoms with Crippen molar-refractivity contribution in [2.24, 2.45) is 0 Å². The Bertz CT molecular complexity index is 276. The highest BCUT2D eigenvalue weighted by Gasteiger charge is 2.08. The van der Waals surface area contributed by atoms with Gasteiger partial charge >= 0.3 is 10.4 Å². The van der Waals surface area contributed by atoms with Crippen molar-refractivity contribution >= 4 is 10.4 Å². The number of rotatable bonds is 7. The third-order valence-electron chi connectivity index (χ3n) is 2.22. The maximum Gasteiger partial charge on any atom is 0.397 e. The molecule has 0 radical (unpaired) electrons. The van der Waals surface area contributed by atoms with E-state index in [1.807, 2.05) is 0 Å². The highest BCUT2D eigenvalue weighted by molar-refractivity contribution is 7.80. The summed E-state index contributed by atoms with van der Waals surface area (Å²) in [5, 5.41) is 3.25. The molecule has 0 saturated carbocycles. The van der Waals surface area contributed by atoms with E-state index in [1.165, 1.54) is 0 Å². The first-order valence-corrected chi connectivity index (χ1v) is 6.57. The standard InChI is InChI=1S/C8H18N2O5S/c11-16(12,13)15-8-7-14-6-5-10-3-1-9-2-4-10/h9H,1-8H2,(H,11,12,13). The van der Waals surface area contributed by atoms with Crippen LogP contribution in [-0.2, 0) is 19.3 Å². The van der Waals surface area contributed by atoms with Gasteiger partial charge in [0.1, 0.15) is 0 Å². The third-order valence-corrected chi connectivity index (χ3v) is 2.69. The van der Waals surface area contributed by atoms with Crippen LogP contribution < -0.4 is 5.32 Å². The van der Waals surface area contributed by atoms with Gasteiger partial charge in [-0.25, -0.2) is 4.18 Å². The molecular formula is C8H18N2O5S. The molecule has 2 N–H and O–H groups in total. The Hall–Kier alpha value is -0.250. The molecule has 16 heavy (non-hydrogen) atoms. The van der Waals surface area contributed by atoms with Crippen LogP contribution in [0.5, 0.6) is 0 Å². The Balaban J connectivity index is 1.91. The molecule has 1 rings (SSSR count). The molecule has 1 aliphatic heterocycles. The molecule has 7 nitrogen and oxygen atoms in total. The minimum absolute atomic E-state index is 0.152. The second-order valence-electron chi connectivity index (χ2n) is 3.45. The SMILES string of the molecule is O=S(=O)(O)OCCOCCN1CCNCC1. The fourth-order valence-corrected chi connectivity index (χ4v) is 1.71. The quantitative estimate of drug-likeness (QED) is 0.432. The summed E-state index contributed by atoms with van der Waals surface area (Å²) in [5.74, 6) is 0. The molecule has 1 saturated heterocycles. The molecular weight excluding hydrogens is 236 g/mol. The monoisotopic (exact) mass is 254 g/mol. The summed E-state index contributed by atoms with van der Waals surface area (Å²) in [5.41, 5.74) is 0. The highest BCUT2D eigenvalue weighted by atomic mass is 32.3. The van der Waals surface area contributed by atoms with Gasteiger partial charge in [-0.3, -0.25) is 9.45 Å². The average Bonchev–Trinajstić information content (AvgIpc) is 2.23. The first kappa shape index (κ1) is 13.8. The fraction of sp³-hybridized carbons (Fsp3) is 1.00. The summed E-state index contributed by atoms with van der Waals surface area (Å²) in [6.45, 7) is 5.36. The number of ether oxygens (including phenoxy) is 1. The summed E-state index contributed by atoms with van der Waals surface area (Å²) in [7, 11) is -4.33. The van der Waals surface area contributed by atoms with E-state index in [4.69, 9.17) is 9.29 Å². The van der Waals surface area contributed by atoms with Crippen LogP contribution in [-0.4, -0.2) is 70.4 Å². The Labute approximate surface area is 95.7 Å². The zero-order chi connectivity index (χ0) is 11.9. The topological polar surface area (TPSA) is 88.1 Å². The lowest BCUT2D eigenvalue weighted by molar-refractivity contribution is 0.0751. The normalized spacial score (nSPS) is 18.8. The van der Waals surface area contributed by atoms with Gasteiger partial charge in [0, 0.05) is 32.7 Å². The lowest BCUT2D eigenvalue weighted by Crippen LogP contribution is -2.44. The van der Waals surface area contributed by atoms with Gasteiger partial charge in [-0.1, -0.05) is 0 Å². The maximum absolute atomic E-state index is 10.2. The van der Waals surface area contributed by atoms with Gasteiger partial charge in [-0.05, 0) is 0 Å². The van der Waals surface area contributed by atoms with Crippen molar-refractivity contribution < 1.29 is 21.9 Å². The van der Waals surface area contributed by atoms with E-state index in [0.717, 1.165) is 32.7 Å². The van der Waals surface area contributed by atoms with Gasteiger partial charge in [0.2, 0.25) is 0 Å². The second-order valence-corrected chi connectivity index (χ2v) is 4.54. The largest absolute Gasteiger partial charge is 0.397 e. The van der Waals surface area contributed by atoms with Gasteiger partial charge in [-0.15, -0.1) is 0 Å². The molecule has 0 spiro atoms. The molecule has 0 amide bonds. The van der Waals surface area contributed by atoms with Crippen molar-refractivity contribution in [2.75, 3.05) is 52.5 Å². The Morgan fingerprint density at radius 1 is 1.19 bits per heavy atom. The van der Waals surface area contributed by atoms with Crippen molar-refractivity contribution in [3.05, 3.63) is 0 Å². The van der Waals surface area contributed by atoms with Crippen molar-refractivity contribution in [1.29, 1.82) is 0 Å². The lowest BCUT2D eigenvalue weighted by Gasteiger charge is -2.26. The van der Waals surface area contributed by atoms with Gasteiger partial charge < -0.3 is 10.1 Å². The number of hydrogen-bond acceptors (Lipinski definition) is 6. The van der Waals surface area contributed by atoms with Gasteiger partial charge in [-0.2, -0.15) is 8.42 Å². The third kappa shape index (κ3) is 7.09. The van der Waals surface area contributed by atoms with E-state index in [1.54, 1.807) is 0 Å². The van der Waals surface area contributed by atoms with Crippen molar-refractivity contribution in [3.63, 3.8) is 0 Å². The van der Waals surface area contributed by atoms with Crippen molar-refractivity contribution in [1.82, 2.24) is 10.2 Å². The van der Waals surface area contributed by atoms with Crippen molar-refractivity contribution in [2.45, 2.75) is 0 Å². The second kappa shape index (κ2) is 7.15. The summed E-state index contributed by atoms with van der Waals surface area (Å²) in [6, 6.07) is 0. The minimum Gasteiger partial charge on any atom is -0.378 e. The first-order chi connectivity index (χ1) is 7.58. The molecule has 0 unspecified atom stereocenters. The molecule has 1 heterocycles.